The first kappa shape index (κ1) is 23.1. The van der Waals surface area contributed by atoms with Gasteiger partial charge in [-0.15, -0.1) is 0 Å². The molecule has 0 radical (unpaired) electrons. The molecule has 2 aromatic heterocycles. The molecular weight excluding hydrogens is 468 g/mol. The molecule has 0 bridgehead atoms. The van der Waals surface area contributed by atoms with E-state index >= 15 is 0 Å². The predicted octanol–water partition coefficient (Wildman–Crippen LogP) is 5.96. The van der Waals surface area contributed by atoms with E-state index < -0.39 is 23.5 Å². The topological polar surface area (TPSA) is 84.9 Å². The number of methoxy groups -OCH3 is 1. The van der Waals surface area contributed by atoms with Gasteiger partial charge in [-0.2, -0.15) is 0 Å². The molecule has 1 aliphatic heterocycles. The molecule has 7 nitrogen and oxygen atoms in total. The number of aliphatic hydroxyl groups excluding tert-OH is 1. The van der Waals surface area contributed by atoms with Gasteiger partial charge in [0.25, 0.3) is 5.91 Å². The summed E-state index contributed by atoms with van der Waals surface area (Å²) >= 11 is 6.18. The zero-order valence-electron chi connectivity index (χ0n) is 19.7. The Hall–Kier alpha value is -3.71. The Labute approximate surface area is 207 Å². The van der Waals surface area contributed by atoms with E-state index in [0.29, 0.717) is 28.3 Å². The molecule has 5 rings (SSSR count). The molecule has 8 heteroatoms. The van der Waals surface area contributed by atoms with Gasteiger partial charge in [0.05, 0.1) is 18.7 Å². The van der Waals surface area contributed by atoms with Gasteiger partial charge in [0.2, 0.25) is 5.78 Å². The molecule has 0 fully saturated rings. The number of ketones is 1. The lowest BCUT2D eigenvalue weighted by molar-refractivity contribution is -0.129. The molecule has 0 saturated carbocycles. The number of aromatic nitrogens is 1. The first-order chi connectivity index (χ1) is 16.8. The van der Waals surface area contributed by atoms with Crippen LogP contribution in [0, 0.1) is 0 Å². The number of benzene rings is 2. The van der Waals surface area contributed by atoms with E-state index in [2.05, 4.69) is 0 Å². The van der Waals surface area contributed by atoms with Crippen LogP contribution in [0.3, 0.4) is 0 Å². The van der Waals surface area contributed by atoms with Gasteiger partial charge in [-0.1, -0.05) is 43.1 Å². The third-order valence-corrected chi connectivity index (χ3v) is 6.73. The van der Waals surface area contributed by atoms with Crippen molar-refractivity contribution in [1.29, 1.82) is 0 Å². The minimum absolute atomic E-state index is 0.00232. The first-order valence-electron chi connectivity index (χ1n) is 11.5. The Balaban J connectivity index is 1.67. The zero-order valence-corrected chi connectivity index (χ0v) is 20.4. The highest BCUT2D eigenvalue weighted by Gasteiger charge is 2.45. The summed E-state index contributed by atoms with van der Waals surface area (Å²) in [5, 5.41) is 12.9. The lowest BCUT2D eigenvalue weighted by atomic mass is 9.94. The Kier molecular flexibility index (Phi) is 5.81. The highest BCUT2D eigenvalue weighted by atomic mass is 35.5. The van der Waals surface area contributed by atoms with E-state index in [0.717, 1.165) is 29.3 Å². The molecule has 1 N–H and O–H groups in total. The van der Waals surface area contributed by atoms with Crippen LogP contribution in [0.4, 0.5) is 0 Å². The van der Waals surface area contributed by atoms with E-state index in [1.165, 1.54) is 7.11 Å². The number of para-hydroxylation sites is 1. The highest BCUT2D eigenvalue weighted by molar-refractivity contribution is 6.31. The molecule has 35 heavy (non-hydrogen) atoms. The maximum absolute atomic E-state index is 13.8. The Bertz CT molecular complexity index is 1510. The summed E-state index contributed by atoms with van der Waals surface area (Å²) in [7, 11) is 3.40. The number of furan rings is 1. The van der Waals surface area contributed by atoms with Crippen molar-refractivity contribution in [3.05, 3.63) is 76.3 Å². The normalized spacial score (nSPS) is 16.2. The summed E-state index contributed by atoms with van der Waals surface area (Å²) in [6.07, 6.45) is 3.51. The Morgan fingerprint density at radius 3 is 2.74 bits per heavy atom. The smallest absolute Gasteiger partial charge is 0.290 e. The molecule has 3 heterocycles. The number of halogens is 1. The van der Waals surface area contributed by atoms with E-state index in [1.807, 2.05) is 49.0 Å². The van der Waals surface area contributed by atoms with Gasteiger partial charge in [-0.05, 0) is 24.6 Å². The molecule has 0 spiro atoms. The molecule has 2 aromatic carbocycles. The van der Waals surface area contributed by atoms with Gasteiger partial charge in [-0.3, -0.25) is 9.59 Å². The lowest BCUT2D eigenvalue weighted by Gasteiger charge is -2.26. The summed E-state index contributed by atoms with van der Waals surface area (Å²) in [5.41, 5.74) is 2.11. The van der Waals surface area contributed by atoms with Crippen LogP contribution in [0.5, 0.6) is 5.75 Å². The number of ether oxygens (including phenoxy) is 1. The monoisotopic (exact) mass is 492 g/mol. The van der Waals surface area contributed by atoms with Crippen molar-refractivity contribution >= 4 is 45.2 Å². The summed E-state index contributed by atoms with van der Waals surface area (Å²) in [4.78, 5) is 28.6. The third kappa shape index (κ3) is 3.67. The van der Waals surface area contributed by atoms with Crippen molar-refractivity contribution < 1.29 is 23.8 Å². The SMILES string of the molecule is CCCCN1C(=O)C(O)=C(C(=O)c2cc3cc(Cl)cc(OC)c3o2)C1c1cn(C)c2ccccc12. The van der Waals surface area contributed by atoms with Gasteiger partial charge in [0, 0.05) is 52.7 Å². The molecule has 1 aliphatic rings. The van der Waals surface area contributed by atoms with Crippen LogP contribution >= 0.6 is 11.6 Å². The van der Waals surface area contributed by atoms with Crippen molar-refractivity contribution in [3.63, 3.8) is 0 Å². The number of rotatable bonds is 7. The average molecular weight is 493 g/mol. The van der Waals surface area contributed by atoms with Crippen LogP contribution in [-0.4, -0.2) is 39.9 Å². The summed E-state index contributed by atoms with van der Waals surface area (Å²) < 4.78 is 13.2. The largest absolute Gasteiger partial charge is 0.503 e. The minimum atomic E-state index is -0.744. The number of nitrogens with zero attached hydrogens (tertiary/aromatic N) is 2. The zero-order chi connectivity index (χ0) is 24.9. The number of hydrogen-bond donors (Lipinski definition) is 1. The number of aliphatic hydroxyl groups is 1. The maximum atomic E-state index is 13.8. The Morgan fingerprint density at radius 1 is 1.23 bits per heavy atom. The second kappa shape index (κ2) is 8.82. The third-order valence-electron chi connectivity index (χ3n) is 6.51. The number of fused-ring (bicyclic) bond motifs is 2. The van der Waals surface area contributed by atoms with Crippen LogP contribution in [0.25, 0.3) is 21.9 Å². The fourth-order valence-electron chi connectivity index (χ4n) is 4.84. The van der Waals surface area contributed by atoms with Gasteiger partial charge >= 0.3 is 0 Å². The first-order valence-corrected chi connectivity index (χ1v) is 11.8. The number of hydrogen-bond acceptors (Lipinski definition) is 5. The van der Waals surface area contributed by atoms with Crippen molar-refractivity contribution in [3.8, 4) is 5.75 Å². The lowest BCUT2D eigenvalue weighted by Crippen LogP contribution is -2.32. The number of unbranched alkanes of at least 4 members (excludes halogenated alkanes) is 1. The van der Waals surface area contributed by atoms with Gasteiger partial charge in [0.15, 0.2) is 22.9 Å². The van der Waals surface area contributed by atoms with Gasteiger partial charge < -0.3 is 23.7 Å². The fourth-order valence-corrected chi connectivity index (χ4v) is 5.06. The van der Waals surface area contributed by atoms with Gasteiger partial charge in [0.1, 0.15) is 0 Å². The van der Waals surface area contributed by atoms with Crippen LogP contribution in [0.1, 0.15) is 41.9 Å². The predicted molar refractivity (Wildman–Crippen MR) is 134 cm³/mol. The van der Waals surface area contributed by atoms with Crippen LogP contribution < -0.4 is 4.74 Å². The van der Waals surface area contributed by atoms with E-state index in [-0.39, 0.29) is 11.3 Å². The van der Waals surface area contributed by atoms with Crippen LogP contribution in [0.2, 0.25) is 5.02 Å². The van der Waals surface area contributed by atoms with Gasteiger partial charge in [-0.25, -0.2) is 0 Å². The number of amides is 1. The van der Waals surface area contributed by atoms with Crippen LogP contribution in [0.15, 0.2) is 64.4 Å². The average Bonchev–Trinajstić information content (AvgIpc) is 3.50. The van der Waals surface area contributed by atoms with E-state index in [4.69, 9.17) is 20.8 Å². The molecule has 0 aliphatic carbocycles. The Morgan fingerprint density at radius 2 is 2.00 bits per heavy atom. The second-order valence-corrected chi connectivity index (χ2v) is 9.13. The van der Waals surface area contributed by atoms with Crippen molar-refractivity contribution in [2.24, 2.45) is 7.05 Å². The van der Waals surface area contributed by atoms with Crippen molar-refractivity contribution in [2.45, 2.75) is 25.8 Å². The minimum Gasteiger partial charge on any atom is -0.503 e. The maximum Gasteiger partial charge on any atom is 0.290 e. The summed E-state index contributed by atoms with van der Waals surface area (Å²) in [5.74, 6) is -1.27. The molecule has 0 saturated heterocycles. The quantitative estimate of drug-likeness (QED) is 0.321. The number of carbonyl (C=O) groups is 2. The number of Topliss-reactive ketones (excluding diaryl/α,β-unsaturated/α-hetero) is 1. The molecule has 180 valence electrons. The number of aryl methyl sites for hydroxylation is 1. The standard InChI is InChI=1S/C27H25ClN2O5/c1-4-5-10-30-23(18-14-29(2)19-9-7-6-8-17(18)19)22(25(32)27(30)33)24(31)20-12-15-11-16(28)13-21(34-3)26(15)35-20/h6-9,11-14,23,32H,4-5,10H2,1-3H3. The number of carbonyl (C=O) groups excluding carboxylic acids is 2. The summed E-state index contributed by atoms with van der Waals surface area (Å²) in [6, 6.07) is 11.9. The van der Waals surface area contributed by atoms with Crippen molar-refractivity contribution in [1.82, 2.24) is 9.47 Å². The second-order valence-electron chi connectivity index (χ2n) is 8.70. The highest BCUT2D eigenvalue weighted by Crippen LogP contribution is 2.43. The molecule has 1 atom stereocenters. The summed E-state index contributed by atoms with van der Waals surface area (Å²) in [6.45, 7) is 2.44. The molecule has 4 aromatic rings. The van der Waals surface area contributed by atoms with E-state index in [9.17, 15) is 14.7 Å². The van der Waals surface area contributed by atoms with Crippen LogP contribution in [-0.2, 0) is 11.8 Å². The fraction of sp³-hybridized carbons (Fsp3) is 0.259. The van der Waals surface area contributed by atoms with Crippen molar-refractivity contribution in [2.75, 3.05) is 13.7 Å². The molecule has 1 amide bonds. The van der Waals surface area contributed by atoms with E-state index in [1.54, 1.807) is 23.1 Å². The molecule has 1 unspecified atom stereocenters. The molecular formula is C27H25ClN2O5.